The number of ether oxygens (including phenoxy) is 3. The van der Waals surface area contributed by atoms with Crippen LogP contribution in [0.1, 0.15) is 38.2 Å². The fourth-order valence-corrected chi connectivity index (χ4v) is 3.97. The molecule has 1 aliphatic heterocycles. The summed E-state index contributed by atoms with van der Waals surface area (Å²) in [5.74, 6) is 2.54. The van der Waals surface area contributed by atoms with Crippen molar-refractivity contribution in [3.63, 3.8) is 0 Å². The highest BCUT2D eigenvalue weighted by molar-refractivity contribution is 14.0. The number of hydrogen-bond donors (Lipinski definition) is 2. The third-order valence-electron chi connectivity index (χ3n) is 5.33. The fraction of sp³-hybridized carbons (Fsp3) is 0.650. The first-order valence-corrected chi connectivity index (χ1v) is 9.53. The minimum atomic E-state index is 0. The molecule has 1 atom stereocenters. The Bertz CT molecular complexity index is 633. The second-order valence-corrected chi connectivity index (χ2v) is 7.27. The first-order chi connectivity index (χ1) is 12.7. The second-order valence-electron chi connectivity index (χ2n) is 7.27. The lowest BCUT2D eigenvalue weighted by atomic mass is 9.78. The molecular weight excluding hydrogens is 457 g/mol. The minimum absolute atomic E-state index is 0. The van der Waals surface area contributed by atoms with Crippen LogP contribution in [-0.4, -0.2) is 52.5 Å². The van der Waals surface area contributed by atoms with E-state index in [1.807, 2.05) is 0 Å². The van der Waals surface area contributed by atoms with Gasteiger partial charge in [0, 0.05) is 32.2 Å². The van der Waals surface area contributed by atoms with Gasteiger partial charge in [-0.2, -0.15) is 0 Å². The van der Waals surface area contributed by atoms with Gasteiger partial charge in [-0.1, -0.05) is 18.9 Å². The van der Waals surface area contributed by atoms with Crippen LogP contribution in [0.5, 0.6) is 11.5 Å². The Kier molecular flexibility index (Phi) is 8.47. The third kappa shape index (κ3) is 5.40. The van der Waals surface area contributed by atoms with Gasteiger partial charge in [-0.05, 0) is 37.5 Å². The molecule has 1 fully saturated rings. The summed E-state index contributed by atoms with van der Waals surface area (Å²) < 4.78 is 16.7. The van der Waals surface area contributed by atoms with Crippen LogP contribution in [0.3, 0.4) is 0 Å². The SMILES string of the molecule is CN=C(NCC1(c2ccc3c(c2)OCCO3)CCCC1)NC(C)COC.I. The van der Waals surface area contributed by atoms with E-state index in [-0.39, 0.29) is 35.4 Å². The number of rotatable bonds is 6. The molecular formula is C20H32IN3O3. The Hall–Kier alpha value is -1.22. The lowest BCUT2D eigenvalue weighted by Crippen LogP contribution is -2.48. The van der Waals surface area contributed by atoms with E-state index in [1.54, 1.807) is 14.2 Å². The third-order valence-corrected chi connectivity index (χ3v) is 5.33. The van der Waals surface area contributed by atoms with Crippen LogP contribution < -0.4 is 20.1 Å². The number of hydrogen-bond acceptors (Lipinski definition) is 4. The van der Waals surface area contributed by atoms with Gasteiger partial charge in [0.25, 0.3) is 0 Å². The van der Waals surface area contributed by atoms with E-state index in [4.69, 9.17) is 14.2 Å². The summed E-state index contributed by atoms with van der Waals surface area (Å²) >= 11 is 0. The van der Waals surface area contributed by atoms with Crippen LogP contribution in [0, 0.1) is 0 Å². The van der Waals surface area contributed by atoms with Crippen LogP contribution in [0.15, 0.2) is 23.2 Å². The quantitative estimate of drug-likeness (QED) is 0.366. The number of guanidine groups is 1. The maximum absolute atomic E-state index is 5.80. The molecule has 3 rings (SSSR count). The van der Waals surface area contributed by atoms with Crippen LogP contribution in [0.25, 0.3) is 0 Å². The molecule has 2 N–H and O–H groups in total. The Labute approximate surface area is 179 Å². The average Bonchev–Trinajstić information content (AvgIpc) is 3.15. The predicted molar refractivity (Wildman–Crippen MR) is 119 cm³/mol. The molecule has 152 valence electrons. The molecule has 0 amide bonds. The first-order valence-electron chi connectivity index (χ1n) is 9.53. The lowest BCUT2D eigenvalue weighted by molar-refractivity contribution is 0.171. The zero-order valence-corrected chi connectivity index (χ0v) is 18.9. The zero-order valence-electron chi connectivity index (χ0n) is 16.5. The lowest BCUT2D eigenvalue weighted by Gasteiger charge is -2.32. The van der Waals surface area contributed by atoms with E-state index in [2.05, 4.69) is 40.7 Å². The second kappa shape index (κ2) is 10.4. The smallest absolute Gasteiger partial charge is 0.191 e. The highest BCUT2D eigenvalue weighted by Crippen LogP contribution is 2.43. The van der Waals surface area contributed by atoms with Crippen molar-refractivity contribution < 1.29 is 14.2 Å². The minimum Gasteiger partial charge on any atom is -0.486 e. The molecule has 1 saturated carbocycles. The van der Waals surface area contributed by atoms with Gasteiger partial charge in [0.15, 0.2) is 17.5 Å². The largest absolute Gasteiger partial charge is 0.486 e. The average molecular weight is 489 g/mol. The van der Waals surface area contributed by atoms with E-state index in [0.717, 1.165) is 24.0 Å². The van der Waals surface area contributed by atoms with Gasteiger partial charge in [0.1, 0.15) is 13.2 Å². The number of nitrogens with one attached hydrogen (secondary N) is 2. The molecule has 0 bridgehead atoms. The number of benzene rings is 1. The number of fused-ring (bicyclic) bond motifs is 1. The first kappa shape index (κ1) is 22.1. The molecule has 2 aliphatic rings. The van der Waals surface area contributed by atoms with Crippen LogP contribution in [0.2, 0.25) is 0 Å². The number of methoxy groups -OCH3 is 1. The predicted octanol–water partition coefficient (Wildman–Crippen LogP) is 3.09. The molecule has 1 aromatic carbocycles. The molecule has 0 spiro atoms. The van der Waals surface area contributed by atoms with Crippen LogP contribution in [0.4, 0.5) is 0 Å². The van der Waals surface area contributed by atoms with Crippen molar-refractivity contribution in [2.24, 2.45) is 4.99 Å². The van der Waals surface area contributed by atoms with Gasteiger partial charge in [-0.15, -0.1) is 24.0 Å². The number of nitrogens with zero attached hydrogens (tertiary/aromatic N) is 1. The van der Waals surface area contributed by atoms with E-state index in [9.17, 15) is 0 Å². The van der Waals surface area contributed by atoms with Gasteiger partial charge in [-0.25, -0.2) is 0 Å². The van der Waals surface area contributed by atoms with E-state index in [0.29, 0.717) is 19.8 Å². The van der Waals surface area contributed by atoms with Crippen molar-refractivity contribution in [3.8, 4) is 11.5 Å². The van der Waals surface area contributed by atoms with Crippen LogP contribution in [-0.2, 0) is 10.2 Å². The normalized spacial score (nSPS) is 19.1. The summed E-state index contributed by atoms with van der Waals surface area (Å²) in [7, 11) is 3.52. The maximum atomic E-state index is 5.80. The Morgan fingerprint density at radius 1 is 1.22 bits per heavy atom. The van der Waals surface area contributed by atoms with Gasteiger partial charge in [-0.3, -0.25) is 4.99 Å². The molecule has 1 unspecified atom stereocenters. The molecule has 27 heavy (non-hydrogen) atoms. The van der Waals surface area contributed by atoms with Gasteiger partial charge in [0.05, 0.1) is 6.61 Å². The highest BCUT2D eigenvalue weighted by Gasteiger charge is 2.36. The zero-order chi connectivity index (χ0) is 18.4. The van der Waals surface area contributed by atoms with E-state index < -0.39 is 0 Å². The molecule has 1 aromatic rings. The maximum Gasteiger partial charge on any atom is 0.191 e. The topological polar surface area (TPSA) is 64.1 Å². The van der Waals surface area contributed by atoms with Crippen molar-refractivity contribution >= 4 is 29.9 Å². The van der Waals surface area contributed by atoms with Gasteiger partial charge >= 0.3 is 0 Å². The van der Waals surface area contributed by atoms with Crippen molar-refractivity contribution in [1.29, 1.82) is 0 Å². The molecule has 0 radical (unpaired) electrons. The molecule has 6 nitrogen and oxygen atoms in total. The van der Waals surface area contributed by atoms with E-state index in [1.165, 1.54) is 31.2 Å². The Morgan fingerprint density at radius 2 is 1.93 bits per heavy atom. The van der Waals surface area contributed by atoms with Crippen molar-refractivity contribution in [2.45, 2.75) is 44.1 Å². The summed E-state index contributed by atoms with van der Waals surface area (Å²) in [5.41, 5.74) is 1.44. The van der Waals surface area contributed by atoms with Gasteiger partial charge < -0.3 is 24.8 Å². The van der Waals surface area contributed by atoms with Gasteiger partial charge in [0.2, 0.25) is 0 Å². The van der Waals surface area contributed by atoms with Crippen molar-refractivity contribution in [2.75, 3.05) is 40.5 Å². The Morgan fingerprint density at radius 3 is 2.59 bits per heavy atom. The standard InChI is InChI=1S/C20H31N3O3.HI/c1-15(13-24-3)23-19(21-2)22-14-20(8-4-5-9-20)16-6-7-17-18(12-16)26-11-10-25-17;/h6-7,12,15H,4-5,8-11,13-14H2,1-3H3,(H2,21,22,23);1H. The molecule has 1 heterocycles. The van der Waals surface area contributed by atoms with Crippen molar-refractivity contribution in [1.82, 2.24) is 10.6 Å². The number of halogens is 1. The highest BCUT2D eigenvalue weighted by atomic mass is 127. The fourth-order valence-electron chi connectivity index (χ4n) is 3.97. The summed E-state index contributed by atoms with van der Waals surface area (Å²) in [6.45, 7) is 4.83. The summed E-state index contributed by atoms with van der Waals surface area (Å²) in [5, 5.41) is 6.91. The Balaban J connectivity index is 0.00000261. The number of aliphatic imine (C=N–C) groups is 1. The molecule has 1 aliphatic carbocycles. The molecule has 0 aromatic heterocycles. The summed E-state index contributed by atoms with van der Waals surface area (Å²) in [6.07, 6.45) is 4.85. The van der Waals surface area contributed by atoms with Crippen LogP contribution >= 0.6 is 24.0 Å². The summed E-state index contributed by atoms with van der Waals surface area (Å²) in [6, 6.07) is 6.63. The van der Waals surface area contributed by atoms with E-state index >= 15 is 0 Å². The molecule has 7 heteroatoms. The van der Waals surface area contributed by atoms with Crippen molar-refractivity contribution in [3.05, 3.63) is 23.8 Å². The monoisotopic (exact) mass is 489 g/mol. The molecule has 0 saturated heterocycles. The summed E-state index contributed by atoms with van der Waals surface area (Å²) in [4.78, 5) is 4.36.